The molecule has 0 amide bonds. The minimum atomic E-state index is -0.606. The first-order chi connectivity index (χ1) is 5.26. The quantitative estimate of drug-likeness (QED) is 0.605. The zero-order valence-electron chi connectivity index (χ0n) is 6.62. The molecule has 62 valence electrons. The van der Waals surface area contributed by atoms with E-state index in [0.717, 1.165) is 31.5 Å². The zero-order valence-corrected chi connectivity index (χ0v) is 6.62. The maximum Gasteiger partial charge on any atom is 0.122 e. The molecular weight excluding hydrogens is 140 g/mol. The number of hydrogen-bond acceptors (Lipinski definition) is 2. The molecule has 0 aromatic rings. The highest BCUT2D eigenvalue weighted by molar-refractivity contribution is 5.51. The van der Waals surface area contributed by atoms with Crippen molar-refractivity contribution in [2.75, 3.05) is 0 Å². The highest BCUT2D eigenvalue weighted by Crippen LogP contribution is 2.55. The Morgan fingerprint density at radius 3 is 3.18 bits per heavy atom. The third kappa shape index (κ3) is 1.09. The first kappa shape index (κ1) is 7.29. The van der Waals surface area contributed by atoms with Crippen LogP contribution in [0.15, 0.2) is 0 Å². The van der Waals surface area contributed by atoms with Crippen LogP contribution in [0.2, 0.25) is 0 Å². The molecule has 0 aliphatic heterocycles. The Hall–Kier alpha value is -0.370. The van der Waals surface area contributed by atoms with Gasteiger partial charge in [-0.25, -0.2) is 0 Å². The van der Waals surface area contributed by atoms with E-state index in [-0.39, 0.29) is 0 Å². The predicted molar refractivity (Wildman–Crippen MR) is 41.1 cm³/mol. The van der Waals surface area contributed by atoms with E-state index >= 15 is 0 Å². The van der Waals surface area contributed by atoms with Crippen LogP contribution in [-0.4, -0.2) is 17.0 Å². The molecule has 2 saturated carbocycles. The fourth-order valence-electron chi connectivity index (χ4n) is 2.48. The lowest BCUT2D eigenvalue weighted by molar-refractivity contribution is -0.114. The number of carbonyl (C=O) groups excluding carboxylic acids is 1. The maximum atomic E-state index is 10.3. The predicted octanol–water partition coefficient (Wildman–Crippen LogP) is 1.13. The molecule has 3 atom stereocenters. The van der Waals surface area contributed by atoms with Gasteiger partial charge in [-0.05, 0) is 31.1 Å². The molecule has 2 nitrogen and oxygen atoms in total. The standard InChI is InChI=1S/C9H14O2/c10-5-4-9(11)3-1-2-7-6-8(7)9/h5,7-8,11H,1-4,6H2. The topological polar surface area (TPSA) is 37.3 Å². The van der Waals surface area contributed by atoms with E-state index in [0.29, 0.717) is 12.3 Å². The largest absolute Gasteiger partial charge is 0.389 e. The molecule has 2 heteroatoms. The van der Waals surface area contributed by atoms with Crippen molar-refractivity contribution >= 4 is 6.29 Å². The van der Waals surface area contributed by atoms with E-state index in [1.807, 2.05) is 0 Å². The fraction of sp³-hybridized carbons (Fsp3) is 0.889. The Kier molecular flexibility index (Phi) is 1.53. The van der Waals surface area contributed by atoms with Gasteiger partial charge in [0, 0.05) is 6.42 Å². The molecule has 0 saturated heterocycles. The van der Waals surface area contributed by atoms with Crippen LogP contribution in [0.3, 0.4) is 0 Å². The normalized spacial score (nSPS) is 48.1. The number of fused-ring (bicyclic) bond motifs is 1. The Morgan fingerprint density at radius 2 is 2.45 bits per heavy atom. The van der Waals surface area contributed by atoms with E-state index < -0.39 is 5.60 Å². The molecule has 0 aromatic carbocycles. The molecule has 0 heterocycles. The van der Waals surface area contributed by atoms with Crippen LogP contribution in [0.25, 0.3) is 0 Å². The van der Waals surface area contributed by atoms with E-state index in [4.69, 9.17) is 0 Å². The lowest BCUT2D eigenvalue weighted by atomic mass is 9.82. The van der Waals surface area contributed by atoms with Gasteiger partial charge in [-0.2, -0.15) is 0 Å². The van der Waals surface area contributed by atoms with E-state index in [1.165, 1.54) is 6.42 Å². The highest BCUT2D eigenvalue weighted by atomic mass is 16.3. The Morgan fingerprint density at radius 1 is 1.64 bits per heavy atom. The van der Waals surface area contributed by atoms with Crippen molar-refractivity contribution in [2.24, 2.45) is 11.8 Å². The average Bonchev–Trinajstić information content (AvgIpc) is 2.68. The monoisotopic (exact) mass is 154 g/mol. The smallest absolute Gasteiger partial charge is 0.122 e. The molecule has 2 aliphatic rings. The Balaban J connectivity index is 2.04. The summed E-state index contributed by atoms with van der Waals surface area (Å²) < 4.78 is 0. The summed E-state index contributed by atoms with van der Waals surface area (Å²) in [6, 6.07) is 0. The van der Waals surface area contributed by atoms with E-state index in [9.17, 15) is 9.90 Å². The van der Waals surface area contributed by atoms with Crippen LogP contribution >= 0.6 is 0 Å². The van der Waals surface area contributed by atoms with Crippen molar-refractivity contribution < 1.29 is 9.90 Å². The molecule has 11 heavy (non-hydrogen) atoms. The SMILES string of the molecule is O=CCC1(O)CCCC2CC21. The van der Waals surface area contributed by atoms with Crippen LogP contribution in [0, 0.1) is 11.8 Å². The van der Waals surface area contributed by atoms with Crippen LogP contribution in [-0.2, 0) is 4.79 Å². The average molecular weight is 154 g/mol. The van der Waals surface area contributed by atoms with Gasteiger partial charge in [0.2, 0.25) is 0 Å². The first-order valence-electron chi connectivity index (χ1n) is 4.42. The number of carbonyl (C=O) groups is 1. The second-order valence-electron chi connectivity index (χ2n) is 3.97. The highest BCUT2D eigenvalue weighted by Gasteiger charge is 2.53. The van der Waals surface area contributed by atoms with Crippen molar-refractivity contribution in [3.05, 3.63) is 0 Å². The summed E-state index contributed by atoms with van der Waals surface area (Å²) in [6.07, 6.45) is 5.59. The summed E-state index contributed by atoms with van der Waals surface area (Å²) in [5, 5.41) is 9.95. The molecule has 0 aromatic heterocycles. The Bertz CT molecular complexity index is 178. The summed E-state index contributed by atoms with van der Waals surface area (Å²) in [5.41, 5.74) is -0.606. The summed E-state index contributed by atoms with van der Waals surface area (Å²) >= 11 is 0. The van der Waals surface area contributed by atoms with E-state index in [1.54, 1.807) is 0 Å². The molecule has 2 rings (SSSR count). The maximum absolute atomic E-state index is 10.3. The molecule has 2 aliphatic carbocycles. The number of aliphatic hydroxyl groups is 1. The van der Waals surface area contributed by atoms with Gasteiger partial charge in [0.05, 0.1) is 5.60 Å². The summed E-state index contributed by atoms with van der Waals surface area (Å²) in [4.78, 5) is 10.3. The Labute approximate surface area is 66.6 Å². The van der Waals surface area contributed by atoms with Crippen molar-refractivity contribution in [1.82, 2.24) is 0 Å². The van der Waals surface area contributed by atoms with Gasteiger partial charge < -0.3 is 9.90 Å². The lowest BCUT2D eigenvalue weighted by Gasteiger charge is -2.30. The van der Waals surface area contributed by atoms with Crippen LogP contribution < -0.4 is 0 Å². The summed E-state index contributed by atoms with van der Waals surface area (Å²) in [7, 11) is 0. The minimum absolute atomic E-state index is 0.355. The van der Waals surface area contributed by atoms with Gasteiger partial charge >= 0.3 is 0 Å². The van der Waals surface area contributed by atoms with Crippen LogP contribution in [0.1, 0.15) is 32.1 Å². The third-order valence-corrected chi connectivity index (χ3v) is 3.23. The lowest BCUT2D eigenvalue weighted by Crippen LogP contribution is -2.34. The molecule has 0 bridgehead atoms. The second kappa shape index (κ2) is 2.31. The van der Waals surface area contributed by atoms with Crippen LogP contribution in [0.4, 0.5) is 0 Å². The second-order valence-corrected chi connectivity index (χ2v) is 3.97. The van der Waals surface area contributed by atoms with Crippen molar-refractivity contribution in [3.63, 3.8) is 0 Å². The van der Waals surface area contributed by atoms with Crippen molar-refractivity contribution in [1.29, 1.82) is 0 Å². The minimum Gasteiger partial charge on any atom is -0.389 e. The number of hydrogen-bond donors (Lipinski definition) is 1. The van der Waals surface area contributed by atoms with Gasteiger partial charge in [-0.1, -0.05) is 6.42 Å². The number of rotatable bonds is 2. The molecular formula is C9H14O2. The first-order valence-corrected chi connectivity index (χ1v) is 4.42. The van der Waals surface area contributed by atoms with E-state index in [2.05, 4.69) is 0 Å². The molecule has 0 radical (unpaired) electrons. The summed E-state index contributed by atoms with van der Waals surface area (Å²) in [5.74, 6) is 1.20. The van der Waals surface area contributed by atoms with Gasteiger partial charge in [0.25, 0.3) is 0 Å². The van der Waals surface area contributed by atoms with Gasteiger partial charge in [0.1, 0.15) is 6.29 Å². The van der Waals surface area contributed by atoms with Gasteiger partial charge in [-0.3, -0.25) is 0 Å². The fourth-order valence-corrected chi connectivity index (χ4v) is 2.48. The van der Waals surface area contributed by atoms with Crippen molar-refractivity contribution in [2.45, 2.75) is 37.7 Å². The molecule has 0 spiro atoms. The zero-order chi connectivity index (χ0) is 7.90. The molecule has 3 unspecified atom stereocenters. The van der Waals surface area contributed by atoms with Crippen molar-refractivity contribution in [3.8, 4) is 0 Å². The van der Waals surface area contributed by atoms with Gasteiger partial charge in [-0.15, -0.1) is 0 Å². The molecule has 1 N–H and O–H groups in total. The third-order valence-electron chi connectivity index (χ3n) is 3.23. The van der Waals surface area contributed by atoms with Gasteiger partial charge in [0.15, 0.2) is 0 Å². The molecule has 2 fully saturated rings. The number of aldehydes is 1. The van der Waals surface area contributed by atoms with Crippen LogP contribution in [0.5, 0.6) is 0 Å². The summed E-state index contributed by atoms with van der Waals surface area (Å²) in [6.45, 7) is 0.